The zero-order valence-electron chi connectivity index (χ0n) is 12.9. The van der Waals surface area contributed by atoms with E-state index in [9.17, 15) is 4.79 Å². The van der Waals surface area contributed by atoms with Gasteiger partial charge in [0.2, 0.25) is 0 Å². The van der Waals surface area contributed by atoms with Gasteiger partial charge in [0, 0.05) is 24.3 Å². The molecule has 21 heavy (non-hydrogen) atoms. The van der Waals surface area contributed by atoms with Crippen LogP contribution in [0.1, 0.15) is 34.0 Å². The number of hydrogen-bond donors (Lipinski definition) is 1. The van der Waals surface area contributed by atoms with Crippen LogP contribution in [-0.4, -0.2) is 17.4 Å². The lowest BCUT2D eigenvalue weighted by Gasteiger charge is -2.22. The first kappa shape index (κ1) is 15.1. The Labute approximate surface area is 126 Å². The Kier molecular flexibility index (Phi) is 4.63. The molecule has 0 unspecified atom stereocenters. The van der Waals surface area contributed by atoms with Crippen LogP contribution >= 0.6 is 0 Å². The molecule has 0 saturated heterocycles. The molecule has 0 bridgehead atoms. The molecule has 0 aliphatic rings. The summed E-state index contributed by atoms with van der Waals surface area (Å²) in [5.41, 5.74) is 10.4. The molecule has 0 atom stereocenters. The maximum atomic E-state index is 12.7. The Morgan fingerprint density at radius 3 is 2.57 bits per heavy atom. The standard InChI is InChI=1S/C18H22N2O/c1-4-20(12-15-7-5-6-13(2)10-15)18(21)17-11-16(19)9-8-14(17)3/h5-11H,4,12,19H2,1-3H3. The predicted molar refractivity (Wildman–Crippen MR) is 87.2 cm³/mol. The molecule has 0 radical (unpaired) electrons. The Morgan fingerprint density at radius 1 is 1.14 bits per heavy atom. The molecule has 1 amide bonds. The zero-order chi connectivity index (χ0) is 15.4. The number of nitrogens with zero attached hydrogens (tertiary/aromatic N) is 1. The average molecular weight is 282 g/mol. The first-order valence-electron chi connectivity index (χ1n) is 7.22. The Balaban J connectivity index is 2.24. The molecule has 110 valence electrons. The summed E-state index contributed by atoms with van der Waals surface area (Å²) in [6.07, 6.45) is 0. The fourth-order valence-electron chi connectivity index (χ4n) is 2.40. The second kappa shape index (κ2) is 6.44. The van der Waals surface area contributed by atoms with Crippen LogP contribution in [0.15, 0.2) is 42.5 Å². The highest BCUT2D eigenvalue weighted by Gasteiger charge is 2.16. The van der Waals surface area contributed by atoms with Gasteiger partial charge in [0.25, 0.3) is 5.91 Å². The van der Waals surface area contributed by atoms with Crippen molar-refractivity contribution in [2.45, 2.75) is 27.3 Å². The minimum absolute atomic E-state index is 0.0313. The van der Waals surface area contributed by atoms with Gasteiger partial charge >= 0.3 is 0 Å². The van der Waals surface area contributed by atoms with Crippen LogP contribution in [0.3, 0.4) is 0 Å². The highest BCUT2D eigenvalue weighted by molar-refractivity contribution is 5.96. The van der Waals surface area contributed by atoms with Gasteiger partial charge in [-0.15, -0.1) is 0 Å². The molecule has 2 N–H and O–H groups in total. The van der Waals surface area contributed by atoms with Crippen LogP contribution in [0.5, 0.6) is 0 Å². The zero-order valence-corrected chi connectivity index (χ0v) is 12.9. The van der Waals surface area contributed by atoms with Crippen molar-refractivity contribution < 1.29 is 4.79 Å². The van der Waals surface area contributed by atoms with Crippen LogP contribution in [0.2, 0.25) is 0 Å². The van der Waals surface area contributed by atoms with Crippen LogP contribution in [0.25, 0.3) is 0 Å². The number of rotatable bonds is 4. The Morgan fingerprint density at radius 2 is 1.90 bits per heavy atom. The van der Waals surface area contributed by atoms with E-state index in [1.165, 1.54) is 5.56 Å². The normalized spacial score (nSPS) is 10.4. The summed E-state index contributed by atoms with van der Waals surface area (Å²) < 4.78 is 0. The maximum Gasteiger partial charge on any atom is 0.254 e. The summed E-state index contributed by atoms with van der Waals surface area (Å²) in [6, 6.07) is 13.7. The lowest BCUT2D eigenvalue weighted by atomic mass is 10.1. The van der Waals surface area contributed by atoms with E-state index in [1.54, 1.807) is 6.07 Å². The number of carbonyl (C=O) groups excluding carboxylic acids is 1. The van der Waals surface area contributed by atoms with Gasteiger partial charge in [-0.2, -0.15) is 0 Å². The summed E-state index contributed by atoms with van der Waals surface area (Å²) in [5.74, 6) is 0.0313. The number of anilines is 1. The van der Waals surface area contributed by atoms with Gasteiger partial charge in [0.05, 0.1) is 0 Å². The molecule has 0 heterocycles. The van der Waals surface area contributed by atoms with E-state index in [0.29, 0.717) is 24.3 Å². The van der Waals surface area contributed by atoms with Crippen molar-refractivity contribution in [3.63, 3.8) is 0 Å². The molecule has 2 rings (SSSR count). The molecule has 0 spiro atoms. The monoisotopic (exact) mass is 282 g/mol. The number of aryl methyl sites for hydroxylation is 2. The Bertz CT molecular complexity index is 649. The Hall–Kier alpha value is -2.29. The van der Waals surface area contributed by atoms with Gasteiger partial charge in [0.15, 0.2) is 0 Å². The lowest BCUT2D eigenvalue weighted by molar-refractivity contribution is 0.0752. The summed E-state index contributed by atoms with van der Waals surface area (Å²) >= 11 is 0. The molecule has 2 aromatic rings. The van der Waals surface area contributed by atoms with E-state index in [-0.39, 0.29) is 5.91 Å². The van der Waals surface area contributed by atoms with Gasteiger partial charge in [-0.25, -0.2) is 0 Å². The van der Waals surface area contributed by atoms with Crippen LogP contribution in [0.4, 0.5) is 5.69 Å². The number of hydrogen-bond acceptors (Lipinski definition) is 2. The fraction of sp³-hybridized carbons (Fsp3) is 0.278. The molecule has 3 heteroatoms. The van der Waals surface area contributed by atoms with E-state index in [0.717, 1.165) is 11.1 Å². The molecule has 0 saturated carbocycles. The molecule has 0 aromatic heterocycles. The second-order valence-electron chi connectivity index (χ2n) is 5.38. The van der Waals surface area contributed by atoms with Gasteiger partial charge in [-0.1, -0.05) is 35.9 Å². The van der Waals surface area contributed by atoms with Crippen molar-refractivity contribution in [2.75, 3.05) is 12.3 Å². The quantitative estimate of drug-likeness (QED) is 0.872. The van der Waals surface area contributed by atoms with Crippen LogP contribution in [-0.2, 0) is 6.54 Å². The lowest BCUT2D eigenvalue weighted by Crippen LogP contribution is -2.30. The van der Waals surface area contributed by atoms with Crippen molar-refractivity contribution in [2.24, 2.45) is 0 Å². The van der Waals surface area contributed by atoms with E-state index in [2.05, 4.69) is 25.1 Å². The first-order valence-corrected chi connectivity index (χ1v) is 7.22. The molecule has 2 aromatic carbocycles. The van der Waals surface area contributed by atoms with Crippen molar-refractivity contribution in [1.82, 2.24) is 4.90 Å². The van der Waals surface area contributed by atoms with Gasteiger partial charge in [-0.3, -0.25) is 4.79 Å². The first-order chi connectivity index (χ1) is 10.0. The topological polar surface area (TPSA) is 46.3 Å². The van der Waals surface area contributed by atoms with Crippen LogP contribution in [0, 0.1) is 13.8 Å². The van der Waals surface area contributed by atoms with Crippen molar-refractivity contribution in [3.05, 3.63) is 64.7 Å². The smallest absolute Gasteiger partial charge is 0.254 e. The number of nitrogen functional groups attached to an aromatic ring is 1. The summed E-state index contributed by atoms with van der Waals surface area (Å²) in [7, 11) is 0. The third kappa shape index (κ3) is 3.63. The third-order valence-electron chi connectivity index (χ3n) is 3.62. The number of amides is 1. The second-order valence-corrected chi connectivity index (χ2v) is 5.38. The molecular formula is C18H22N2O. The molecule has 0 fully saturated rings. The average Bonchev–Trinajstić information content (AvgIpc) is 2.46. The van der Waals surface area contributed by atoms with E-state index in [4.69, 9.17) is 5.73 Å². The molecule has 3 nitrogen and oxygen atoms in total. The van der Waals surface area contributed by atoms with Gasteiger partial charge in [0.1, 0.15) is 0 Å². The molecular weight excluding hydrogens is 260 g/mol. The van der Waals surface area contributed by atoms with Crippen molar-refractivity contribution in [1.29, 1.82) is 0 Å². The summed E-state index contributed by atoms with van der Waals surface area (Å²) in [6.45, 7) is 7.28. The highest BCUT2D eigenvalue weighted by atomic mass is 16.2. The SMILES string of the molecule is CCN(Cc1cccc(C)c1)C(=O)c1cc(N)ccc1C. The van der Waals surface area contributed by atoms with Crippen molar-refractivity contribution >= 4 is 11.6 Å². The minimum Gasteiger partial charge on any atom is -0.399 e. The maximum absolute atomic E-state index is 12.7. The van der Waals surface area contributed by atoms with E-state index < -0.39 is 0 Å². The third-order valence-corrected chi connectivity index (χ3v) is 3.62. The number of carbonyl (C=O) groups is 1. The van der Waals surface area contributed by atoms with Gasteiger partial charge in [-0.05, 0) is 44.0 Å². The van der Waals surface area contributed by atoms with Gasteiger partial charge < -0.3 is 10.6 Å². The molecule has 0 aliphatic carbocycles. The predicted octanol–water partition coefficient (Wildman–Crippen LogP) is 3.55. The van der Waals surface area contributed by atoms with E-state index >= 15 is 0 Å². The van der Waals surface area contributed by atoms with E-state index in [1.807, 2.05) is 36.9 Å². The fourth-order valence-corrected chi connectivity index (χ4v) is 2.40. The van der Waals surface area contributed by atoms with Crippen LogP contribution < -0.4 is 5.73 Å². The van der Waals surface area contributed by atoms with Crippen molar-refractivity contribution in [3.8, 4) is 0 Å². The highest BCUT2D eigenvalue weighted by Crippen LogP contribution is 2.17. The summed E-state index contributed by atoms with van der Waals surface area (Å²) in [4.78, 5) is 14.6. The minimum atomic E-state index is 0.0313. The number of benzene rings is 2. The number of nitrogens with two attached hydrogens (primary N) is 1. The molecule has 0 aliphatic heterocycles. The summed E-state index contributed by atoms with van der Waals surface area (Å²) in [5, 5.41) is 0. The largest absolute Gasteiger partial charge is 0.399 e.